The first-order valence-electron chi connectivity index (χ1n) is 9.29. The predicted molar refractivity (Wildman–Crippen MR) is 109 cm³/mol. The molecule has 0 unspecified atom stereocenters. The molecular weight excluding hydrogens is 404 g/mol. The van der Waals surface area contributed by atoms with Crippen molar-refractivity contribution in [2.75, 3.05) is 5.32 Å². The van der Waals surface area contributed by atoms with Crippen LogP contribution in [-0.4, -0.2) is 25.7 Å². The molecule has 0 aliphatic rings. The Kier molecular flexibility index (Phi) is 5.40. The monoisotopic (exact) mass is 421 g/mol. The zero-order valence-electron chi connectivity index (χ0n) is 16.6. The van der Waals surface area contributed by atoms with Crippen LogP contribution in [0.1, 0.15) is 21.7 Å². The van der Waals surface area contributed by atoms with E-state index in [-0.39, 0.29) is 5.56 Å². The summed E-state index contributed by atoms with van der Waals surface area (Å²) in [6.07, 6.45) is 1.38. The Balaban J connectivity index is 1.46. The maximum absolute atomic E-state index is 13.8. The van der Waals surface area contributed by atoms with Gasteiger partial charge in [0.25, 0.3) is 5.91 Å². The van der Waals surface area contributed by atoms with Crippen LogP contribution >= 0.6 is 0 Å². The van der Waals surface area contributed by atoms with Gasteiger partial charge in [0.05, 0.1) is 11.3 Å². The van der Waals surface area contributed by atoms with E-state index in [1.807, 2.05) is 19.9 Å². The van der Waals surface area contributed by atoms with Gasteiger partial charge >= 0.3 is 0 Å². The largest absolute Gasteiger partial charge is 0.439 e. The summed E-state index contributed by atoms with van der Waals surface area (Å²) in [5.41, 5.74) is 1.98. The van der Waals surface area contributed by atoms with Crippen LogP contribution in [0.4, 0.5) is 14.5 Å². The van der Waals surface area contributed by atoms with E-state index in [1.54, 1.807) is 35.0 Å². The highest BCUT2D eigenvalue weighted by Crippen LogP contribution is 2.23. The van der Waals surface area contributed by atoms with Crippen molar-refractivity contribution in [3.8, 4) is 17.4 Å². The minimum atomic E-state index is -0.931. The highest BCUT2D eigenvalue weighted by molar-refractivity contribution is 6.04. The second-order valence-electron chi connectivity index (χ2n) is 6.76. The molecule has 0 radical (unpaired) electrons. The van der Waals surface area contributed by atoms with Gasteiger partial charge in [-0.05, 0) is 56.3 Å². The number of nitrogens with one attached hydrogen (secondary N) is 1. The first-order valence-corrected chi connectivity index (χ1v) is 9.29. The summed E-state index contributed by atoms with van der Waals surface area (Å²) in [7, 11) is 0. The van der Waals surface area contributed by atoms with E-state index < -0.39 is 17.5 Å². The molecule has 7 nitrogen and oxygen atoms in total. The van der Waals surface area contributed by atoms with Crippen LogP contribution in [0.25, 0.3) is 5.82 Å². The number of aromatic nitrogens is 4. The Morgan fingerprint density at radius 1 is 1.00 bits per heavy atom. The Bertz CT molecular complexity index is 1260. The summed E-state index contributed by atoms with van der Waals surface area (Å²) < 4.78 is 34.2. The summed E-state index contributed by atoms with van der Waals surface area (Å²) >= 11 is 0. The van der Waals surface area contributed by atoms with Gasteiger partial charge in [-0.15, -0.1) is 0 Å². The van der Waals surface area contributed by atoms with Crippen LogP contribution in [0.3, 0.4) is 0 Å². The van der Waals surface area contributed by atoms with Crippen LogP contribution in [0.15, 0.2) is 60.9 Å². The van der Waals surface area contributed by atoms with Crippen LogP contribution in [-0.2, 0) is 0 Å². The van der Waals surface area contributed by atoms with Gasteiger partial charge in [-0.1, -0.05) is 0 Å². The van der Waals surface area contributed by atoms with Crippen molar-refractivity contribution in [1.82, 2.24) is 19.7 Å². The van der Waals surface area contributed by atoms with Gasteiger partial charge in [0.2, 0.25) is 5.88 Å². The molecule has 0 saturated carbocycles. The smallest absolute Gasteiger partial charge is 0.258 e. The predicted octanol–water partition coefficient (Wildman–Crippen LogP) is 4.60. The lowest BCUT2D eigenvalue weighted by atomic mass is 10.2. The van der Waals surface area contributed by atoms with Gasteiger partial charge in [-0.2, -0.15) is 5.10 Å². The summed E-state index contributed by atoms with van der Waals surface area (Å²) in [6, 6.07) is 12.8. The lowest BCUT2D eigenvalue weighted by Gasteiger charge is -2.09. The molecule has 0 atom stereocenters. The number of halogens is 2. The summed E-state index contributed by atoms with van der Waals surface area (Å²) in [6.45, 7) is 3.82. The fourth-order valence-electron chi connectivity index (χ4n) is 2.96. The highest BCUT2D eigenvalue weighted by atomic mass is 19.1. The molecule has 4 aromatic rings. The molecule has 0 aliphatic heterocycles. The molecule has 31 heavy (non-hydrogen) atoms. The van der Waals surface area contributed by atoms with Crippen molar-refractivity contribution >= 4 is 11.6 Å². The molecule has 4 rings (SSSR count). The standard InChI is InChI=1S/C22H17F2N5O2/c1-13-9-14(2)29(28-13)20-11-21(26-12-25-20)31-17-6-4-16(5-7-17)27-22(30)18-8-3-15(23)10-19(18)24/h3-12H,1-2H3,(H,27,30). The number of benzene rings is 2. The van der Waals surface area contributed by atoms with Crippen LogP contribution < -0.4 is 10.1 Å². The summed E-state index contributed by atoms with van der Waals surface area (Å²) in [4.78, 5) is 20.5. The zero-order chi connectivity index (χ0) is 22.0. The summed E-state index contributed by atoms with van der Waals surface area (Å²) in [5.74, 6) is -0.995. The average Bonchev–Trinajstić information content (AvgIpc) is 3.07. The molecule has 0 bridgehead atoms. The van der Waals surface area contributed by atoms with Gasteiger partial charge < -0.3 is 10.1 Å². The number of amides is 1. The molecule has 9 heteroatoms. The van der Waals surface area contributed by atoms with Crippen molar-refractivity contribution in [2.45, 2.75) is 13.8 Å². The number of carbonyl (C=O) groups is 1. The number of carbonyl (C=O) groups excluding carboxylic acids is 1. The quantitative estimate of drug-likeness (QED) is 0.509. The molecule has 0 saturated heterocycles. The van der Waals surface area contributed by atoms with Crippen LogP contribution in [0, 0.1) is 25.5 Å². The Morgan fingerprint density at radius 2 is 1.77 bits per heavy atom. The number of hydrogen-bond acceptors (Lipinski definition) is 5. The number of aryl methyl sites for hydroxylation is 2. The zero-order valence-corrected chi connectivity index (χ0v) is 16.6. The third kappa shape index (κ3) is 4.55. The Hall–Kier alpha value is -4.14. The molecule has 2 heterocycles. The number of hydrogen-bond donors (Lipinski definition) is 1. The van der Waals surface area contributed by atoms with E-state index >= 15 is 0 Å². The van der Waals surface area contributed by atoms with Crippen molar-refractivity contribution < 1.29 is 18.3 Å². The SMILES string of the molecule is Cc1cc(C)n(-c2cc(Oc3ccc(NC(=O)c4ccc(F)cc4F)cc3)ncn2)n1. The lowest BCUT2D eigenvalue weighted by molar-refractivity contribution is 0.102. The normalized spacial score (nSPS) is 10.7. The first-order chi connectivity index (χ1) is 14.9. The fourth-order valence-corrected chi connectivity index (χ4v) is 2.96. The van der Waals surface area contributed by atoms with E-state index in [9.17, 15) is 13.6 Å². The molecule has 0 aliphatic carbocycles. The van der Waals surface area contributed by atoms with Gasteiger partial charge in [-0.3, -0.25) is 4.79 Å². The topological polar surface area (TPSA) is 81.9 Å². The summed E-state index contributed by atoms with van der Waals surface area (Å²) in [5, 5.41) is 6.94. The molecule has 156 valence electrons. The molecule has 0 spiro atoms. The van der Waals surface area contributed by atoms with E-state index in [4.69, 9.17) is 4.74 Å². The Labute approximate surface area is 176 Å². The molecule has 1 amide bonds. The van der Waals surface area contributed by atoms with E-state index in [0.717, 1.165) is 23.5 Å². The number of rotatable bonds is 5. The second kappa shape index (κ2) is 8.31. The minimum Gasteiger partial charge on any atom is -0.439 e. The average molecular weight is 421 g/mol. The number of anilines is 1. The van der Waals surface area contributed by atoms with Gasteiger partial charge in [0.15, 0.2) is 5.82 Å². The highest BCUT2D eigenvalue weighted by Gasteiger charge is 2.13. The lowest BCUT2D eigenvalue weighted by Crippen LogP contribution is -2.13. The minimum absolute atomic E-state index is 0.251. The van der Waals surface area contributed by atoms with E-state index in [0.29, 0.717) is 29.2 Å². The first kappa shape index (κ1) is 20.1. The van der Waals surface area contributed by atoms with Crippen molar-refractivity contribution in [2.24, 2.45) is 0 Å². The van der Waals surface area contributed by atoms with Gasteiger partial charge in [0, 0.05) is 23.5 Å². The molecular formula is C22H17F2N5O2. The van der Waals surface area contributed by atoms with Gasteiger partial charge in [0.1, 0.15) is 23.7 Å². The van der Waals surface area contributed by atoms with Crippen LogP contribution in [0.2, 0.25) is 0 Å². The maximum Gasteiger partial charge on any atom is 0.258 e. The molecule has 2 aromatic heterocycles. The fraction of sp³-hybridized carbons (Fsp3) is 0.0909. The van der Waals surface area contributed by atoms with Crippen LogP contribution in [0.5, 0.6) is 11.6 Å². The second-order valence-corrected chi connectivity index (χ2v) is 6.76. The molecule has 1 N–H and O–H groups in total. The van der Waals surface area contributed by atoms with E-state index in [1.165, 1.54) is 6.33 Å². The van der Waals surface area contributed by atoms with Crippen molar-refractivity contribution in [1.29, 1.82) is 0 Å². The third-order valence-corrected chi connectivity index (χ3v) is 4.36. The van der Waals surface area contributed by atoms with Crippen molar-refractivity contribution in [3.05, 3.63) is 89.5 Å². The third-order valence-electron chi connectivity index (χ3n) is 4.36. The molecule has 0 fully saturated rings. The number of ether oxygens (including phenoxy) is 1. The van der Waals surface area contributed by atoms with E-state index in [2.05, 4.69) is 20.4 Å². The van der Waals surface area contributed by atoms with Crippen molar-refractivity contribution in [3.63, 3.8) is 0 Å². The number of nitrogens with zero attached hydrogens (tertiary/aromatic N) is 4. The maximum atomic E-state index is 13.8. The Morgan fingerprint density at radius 3 is 2.45 bits per heavy atom. The molecule has 2 aromatic carbocycles. The van der Waals surface area contributed by atoms with Gasteiger partial charge in [-0.25, -0.2) is 23.4 Å².